The molecule has 0 aliphatic heterocycles. The Morgan fingerprint density at radius 2 is 1.83 bits per heavy atom. The summed E-state index contributed by atoms with van der Waals surface area (Å²) >= 11 is 6.14. The molecule has 2 aromatic carbocycles. The Kier molecular flexibility index (Phi) is 4.45. The van der Waals surface area contributed by atoms with Crippen molar-refractivity contribution in [3.63, 3.8) is 0 Å². The highest BCUT2D eigenvalue weighted by Crippen LogP contribution is 2.27. The lowest BCUT2D eigenvalue weighted by molar-refractivity contribution is 0.104. The average Bonchev–Trinajstić information content (AvgIpc) is 3.05. The maximum atomic E-state index is 12.0. The quantitative estimate of drug-likeness (QED) is 0.448. The highest BCUT2D eigenvalue weighted by atomic mass is 35.5. The van der Waals surface area contributed by atoms with Gasteiger partial charge in [-0.05, 0) is 42.8 Å². The zero-order valence-electron chi connectivity index (χ0n) is 12.6. The summed E-state index contributed by atoms with van der Waals surface area (Å²) in [6.45, 7) is 1.96. The third-order valence-electron chi connectivity index (χ3n) is 3.54. The molecule has 0 aliphatic rings. The van der Waals surface area contributed by atoms with E-state index >= 15 is 0 Å². The van der Waals surface area contributed by atoms with Gasteiger partial charge >= 0.3 is 0 Å². The highest BCUT2D eigenvalue weighted by Gasteiger charge is 2.06. The van der Waals surface area contributed by atoms with Crippen LogP contribution in [-0.4, -0.2) is 5.78 Å². The number of aryl methyl sites for hydroxylation is 1. The first-order valence-electron chi connectivity index (χ1n) is 7.27. The fourth-order valence-electron chi connectivity index (χ4n) is 2.20. The summed E-state index contributed by atoms with van der Waals surface area (Å²) in [5.41, 5.74) is 2.59. The summed E-state index contributed by atoms with van der Waals surface area (Å²) < 4.78 is 5.75. The van der Waals surface area contributed by atoms with E-state index < -0.39 is 0 Å². The average molecular weight is 323 g/mol. The van der Waals surface area contributed by atoms with Crippen molar-refractivity contribution in [3.8, 4) is 11.3 Å². The normalized spacial score (nSPS) is 11.0. The maximum absolute atomic E-state index is 12.0. The first-order chi connectivity index (χ1) is 11.1. The van der Waals surface area contributed by atoms with Crippen molar-refractivity contribution in [1.82, 2.24) is 0 Å². The summed E-state index contributed by atoms with van der Waals surface area (Å²) in [6, 6.07) is 18.6. The first-order valence-corrected chi connectivity index (χ1v) is 7.65. The Morgan fingerprint density at radius 3 is 2.57 bits per heavy atom. The number of benzene rings is 2. The van der Waals surface area contributed by atoms with Crippen LogP contribution in [0.2, 0.25) is 5.02 Å². The Hall–Kier alpha value is -2.58. The Bertz CT molecular complexity index is 860. The second-order valence-corrected chi connectivity index (χ2v) is 5.64. The van der Waals surface area contributed by atoms with E-state index in [2.05, 4.69) is 0 Å². The predicted molar refractivity (Wildman–Crippen MR) is 93.7 cm³/mol. The summed E-state index contributed by atoms with van der Waals surface area (Å²) in [5, 5.41) is 0.704. The van der Waals surface area contributed by atoms with Gasteiger partial charge in [0.15, 0.2) is 5.78 Å². The van der Waals surface area contributed by atoms with E-state index in [1.165, 1.54) is 6.08 Å². The second kappa shape index (κ2) is 6.67. The number of hydrogen-bond donors (Lipinski definition) is 0. The van der Waals surface area contributed by atoms with Gasteiger partial charge in [-0.15, -0.1) is 0 Å². The van der Waals surface area contributed by atoms with Crippen LogP contribution in [0.3, 0.4) is 0 Å². The monoisotopic (exact) mass is 322 g/mol. The summed E-state index contributed by atoms with van der Waals surface area (Å²) in [7, 11) is 0. The third-order valence-corrected chi connectivity index (χ3v) is 3.95. The van der Waals surface area contributed by atoms with Crippen LogP contribution in [0.25, 0.3) is 17.4 Å². The van der Waals surface area contributed by atoms with Gasteiger partial charge in [-0.2, -0.15) is 0 Å². The molecule has 3 aromatic rings. The smallest absolute Gasteiger partial charge is 0.185 e. The van der Waals surface area contributed by atoms with E-state index in [1.54, 1.807) is 18.2 Å². The van der Waals surface area contributed by atoms with Gasteiger partial charge in [0, 0.05) is 16.1 Å². The maximum Gasteiger partial charge on any atom is 0.185 e. The Balaban J connectivity index is 1.78. The summed E-state index contributed by atoms with van der Waals surface area (Å²) in [4.78, 5) is 12.0. The zero-order valence-corrected chi connectivity index (χ0v) is 13.4. The predicted octanol–water partition coefficient (Wildman–Crippen LogP) is 5.80. The minimum atomic E-state index is -0.0538. The lowest BCUT2D eigenvalue weighted by Gasteiger charge is -2.00. The molecular weight excluding hydrogens is 308 g/mol. The Labute approximate surface area is 140 Å². The van der Waals surface area contributed by atoms with Crippen LogP contribution in [-0.2, 0) is 0 Å². The van der Waals surface area contributed by atoms with E-state index in [4.69, 9.17) is 16.0 Å². The number of ketones is 1. The van der Waals surface area contributed by atoms with Crippen LogP contribution in [0.15, 0.2) is 71.2 Å². The van der Waals surface area contributed by atoms with Gasteiger partial charge in [-0.3, -0.25) is 4.79 Å². The fraction of sp³-hybridized carbons (Fsp3) is 0.0500. The Morgan fingerprint density at radius 1 is 1.04 bits per heavy atom. The van der Waals surface area contributed by atoms with E-state index in [0.717, 1.165) is 16.9 Å². The van der Waals surface area contributed by atoms with Crippen LogP contribution in [0.5, 0.6) is 0 Å². The molecule has 23 heavy (non-hydrogen) atoms. The number of carbonyl (C=O) groups is 1. The minimum absolute atomic E-state index is 0.0538. The van der Waals surface area contributed by atoms with Gasteiger partial charge < -0.3 is 4.42 Å². The molecule has 0 atom stereocenters. The molecule has 3 heteroatoms. The standard InChI is InChI=1S/C20H15ClO2/c1-14-7-8-16(13-18(14)21)20-12-10-17(23-20)9-11-19(22)15-5-3-2-4-6-15/h2-13H,1H3/b11-9+. The summed E-state index contributed by atoms with van der Waals surface area (Å²) in [5.74, 6) is 1.29. The number of rotatable bonds is 4. The number of hydrogen-bond acceptors (Lipinski definition) is 2. The van der Waals surface area contributed by atoms with Gasteiger partial charge in [0.2, 0.25) is 0 Å². The molecule has 0 unspecified atom stereocenters. The molecule has 1 heterocycles. The van der Waals surface area contributed by atoms with Gasteiger partial charge in [-0.25, -0.2) is 0 Å². The lowest BCUT2D eigenvalue weighted by atomic mass is 10.1. The fourth-order valence-corrected chi connectivity index (χ4v) is 2.38. The van der Waals surface area contributed by atoms with Crippen LogP contribution < -0.4 is 0 Å². The van der Waals surface area contributed by atoms with Gasteiger partial charge in [0.25, 0.3) is 0 Å². The molecule has 0 amide bonds. The van der Waals surface area contributed by atoms with E-state index in [9.17, 15) is 4.79 Å². The van der Waals surface area contributed by atoms with Crippen LogP contribution >= 0.6 is 11.6 Å². The van der Waals surface area contributed by atoms with Crippen molar-refractivity contribution in [2.75, 3.05) is 0 Å². The molecule has 3 rings (SSSR count). The molecule has 0 N–H and O–H groups in total. The molecule has 0 bridgehead atoms. The molecule has 0 saturated carbocycles. The van der Waals surface area contributed by atoms with Gasteiger partial charge in [-0.1, -0.05) is 54.1 Å². The molecule has 0 saturated heterocycles. The molecule has 0 aliphatic carbocycles. The minimum Gasteiger partial charge on any atom is -0.457 e. The largest absolute Gasteiger partial charge is 0.457 e. The lowest BCUT2D eigenvalue weighted by Crippen LogP contribution is -1.92. The number of halogens is 1. The van der Waals surface area contributed by atoms with Crippen LogP contribution in [0.4, 0.5) is 0 Å². The van der Waals surface area contributed by atoms with Crippen molar-refractivity contribution >= 4 is 23.5 Å². The first kappa shape index (κ1) is 15.3. The zero-order chi connectivity index (χ0) is 16.2. The van der Waals surface area contributed by atoms with Crippen molar-refractivity contribution < 1.29 is 9.21 Å². The topological polar surface area (TPSA) is 30.2 Å². The molecule has 2 nitrogen and oxygen atoms in total. The van der Waals surface area contributed by atoms with Crippen LogP contribution in [0.1, 0.15) is 21.7 Å². The molecule has 114 valence electrons. The molecular formula is C20H15ClO2. The van der Waals surface area contributed by atoms with Crippen molar-refractivity contribution in [2.45, 2.75) is 6.92 Å². The van der Waals surface area contributed by atoms with Crippen LogP contribution in [0, 0.1) is 6.92 Å². The van der Waals surface area contributed by atoms with Crippen molar-refractivity contribution in [2.24, 2.45) is 0 Å². The van der Waals surface area contributed by atoms with Gasteiger partial charge in [0.05, 0.1) is 0 Å². The number of allylic oxidation sites excluding steroid dienone is 1. The molecule has 0 spiro atoms. The molecule has 0 radical (unpaired) electrons. The molecule has 1 aromatic heterocycles. The number of carbonyl (C=O) groups excluding carboxylic acids is 1. The summed E-state index contributed by atoms with van der Waals surface area (Å²) in [6.07, 6.45) is 3.19. The number of furan rings is 1. The van der Waals surface area contributed by atoms with E-state index in [0.29, 0.717) is 16.3 Å². The van der Waals surface area contributed by atoms with E-state index in [-0.39, 0.29) is 5.78 Å². The second-order valence-electron chi connectivity index (χ2n) is 5.23. The highest BCUT2D eigenvalue weighted by molar-refractivity contribution is 6.31. The molecule has 0 fully saturated rings. The van der Waals surface area contributed by atoms with E-state index in [1.807, 2.05) is 55.5 Å². The van der Waals surface area contributed by atoms with Gasteiger partial charge in [0.1, 0.15) is 11.5 Å². The van der Waals surface area contributed by atoms with Crippen molar-refractivity contribution in [1.29, 1.82) is 0 Å². The third kappa shape index (κ3) is 3.61. The SMILES string of the molecule is Cc1ccc(-c2ccc(/C=C/C(=O)c3ccccc3)o2)cc1Cl. The van der Waals surface area contributed by atoms with Crippen molar-refractivity contribution in [3.05, 3.63) is 88.6 Å².